The van der Waals surface area contributed by atoms with Crippen molar-refractivity contribution in [3.05, 3.63) is 28.8 Å². The van der Waals surface area contributed by atoms with Crippen molar-refractivity contribution in [2.75, 3.05) is 20.1 Å². The molecule has 1 aromatic carbocycles. The molecule has 1 aromatic rings. The molecule has 0 radical (unpaired) electrons. The fourth-order valence-corrected chi connectivity index (χ4v) is 4.34. The number of carbonyl (C=O) groups is 1. The summed E-state index contributed by atoms with van der Waals surface area (Å²) in [6, 6.07) is 6.62. The zero-order valence-corrected chi connectivity index (χ0v) is 15.0. The van der Waals surface area contributed by atoms with E-state index in [4.69, 9.17) is 16.3 Å². The number of nitrogens with zero attached hydrogens (tertiary/aromatic N) is 2. The van der Waals surface area contributed by atoms with Crippen LogP contribution in [0.3, 0.4) is 0 Å². The van der Waals surface area contributed by atoms with Gasteiger partial charge in [-0.05, 0) is 63.8 Å². The van der Waals surface area contributed by atoms with E-state index in [-0.39, 0.29) is 5.91 Å². The van der Waals surface area contributed by atoms with Gasteiger partial charge in [-0.2, -0.15) is 0 Å². The van der Waals surface area contributed by atoms with Crippen molar-refractivity contribution >= 4 is 17.5 Å². The molecule has 0 N–H and O–H groups in total. The molecule has 4 nitrogen and oxygen atoms in total. The standard InChI is InChI=1S/C19H25ClN2O2/c1-21-13-5-6-14(21)12-22(10-9-13)19(23)17-8-7-16(11-18(17)20)24-15-3-2-4-15/h7-8,11,13-15H,2-6,9-10,12H2,1H3/t13-,14-/m0/s1. The second-order valence-electron chi connectivity index (χ2n) is 7.40. The van der Waals surface area contributed by atoms with E-state index in [2.05, 4.69) is 11.9 Å². The summed E-state index contributed by atoms with van der Waals surface area (Å²) in [7, 11) is 2.19. The number of likely N-dealkylation sites (N-methyl/N-ethyl adjacent to an activating group) is 1. The molecule has 4 rings (SSSR count). The van der Waals surface area contributed by atoms with Gasteiger partial charge in [0.15, 0.2) is 0 Å². The molecule has 2 bridgehead atoms. The Morgan fingerprint density at radius 2 is 1.96 bits per heavy atom. The average Bonchev–Trinajstić information content (AvgIpc) is 2.75. The Bertz CT molecular complexity index is 632. The van der Waals surface area contributed by atoms with Crippen LogP contribution in [0.25, 0.3) is 0 Å². The quantitative estimate of drug-likeness (QED) is 0.837. The van der Waals surface area contributed by atoms with Gasteiger partial charge in [-0.3, -0.25) is 9.69 Å². The Kier molecular flexibility index (Phi) is 4.44. The number of hydrogen-bond acceptors (Lipinski definition) is 3. The Hall–Kier alpha value is -1.26. The van der Waals surface area contributed by atoms with Gasteiger partial charge < -0.3 is 9.64 Å². The van der Waals surface area contributed by atoms with Crippen molar-refractivity contribution in [2.24, 2.45) is 0 Å². The molecule has 2 aliphatic heterocycles. The van der Waals surface area contributed by atoms with Gasteiger partial charge in [-0.15, -0.1) is 0 Å². The first kappa shape index (κ1) is 16.2. The maximum Gasteiger partial charge on any atom is 0.255 e. The summed E-state index contributed by atoms with van der Waals surface area (Å²) in [4.78, 5) is 17.4. The second-order valence-corrected chi connectivity index (χ2v) is 7.81. The molecule has 1 aliphatic carbocycles. The molecule has 1 amide bonds. The van der Waals surface area contributed by atoms with Gasteiger partial charge >= 0.3 is 0 Å². The third-order valence-electron chi connectivity index (χ3n) is 5.96. The number of ether oxygens (including phenoxy) is 1. The molecule has 24 heavy (non-hydrogen) atoms. The van der Waals surface area contributed by atoms with E-state index >= 15 is 0 Å². The largest absolute Gasteiger partial charge is 0.490 e. The monoisotopic (exact) mass is 348 g/mol. The van der Waals surface area contributed by atoms with Gasteiger partial charge in [-0.1, -0.05) is 11.6 Å². The second kappa shape index (κ2) is 6.57. The number of halogens is 1. The van der Waals surface area contributed by atoms with Gasteiger partial charge in [0.1, 0.15) is 5.75 Å². The Morgan fingerprint density at radius 1 is 1.17 bits per heavy atom. The van der Waals surface area contributed by atoms with Crippen molar-refractivity contribution in [3.8, 4) is 5.75 Å². The molecule has 1 saturated carbocycles. The van der Waals surface area contributed by atoms with E-state index in [1.165, 1.54) is 19.3 Å². The topological polar surface area (TPSA) is 32.8 Å². The van der Waals surface area contributed by atoms with Crippen molar-refractivity contribution in [1.82, 2.24) is 9.80 Å². The van der Waals surface area contributed by atoms with Crippen LogP contribution in [-0.2, 0) is 0 Å². The van der Waals surface area contributed by atoms with Crippen LogP contribution in [0, 0.1) is 0 Å². The lowest BCUT2D eigenvalue weighted by atomic mass is 9.96. The number of fused-ring (bicyclic) bond motifs is 2. The van der Waals surface area contributed by atoms with Crippen LogP contribution in [0.5, 0.6) is 5.75 Å². The minimum atomic E-state index is 0.0520. The van der Waals surface area contributed by atoms with E-state index in [0.29, 0.717) is 28.8 Å². The summed E-state index contributed by atoms with van der Waals surface area (Å²) >= 11 is 6.40. The van der Waals surface area contributed by atoms with Crippen molar-refractivity contribution in [1.29, 1.82) is 0 Å². The van der Waals surface area contributed by atoms with Crippen LogP contribution in [-0.4, -0.2) is 54.0 Å². The average molecular weight is 349 g/mol. The van der Waals surface area contributed by atoms with Crippen LogP contribution in [0.4, 0.5) is 0 Å². The zero-order valence-electron chi connectivity index (χ0n) is 14.2. The first-order valence-corrected chi connectivity index (χ1v) is 9.47. The van der Waals surface area contributed by atoms with Gasteiger partial charge in [0.25, 0.3) is 5.91 Å². The van der Waals surface area contributed by atoms with Crippen LogP contribution >= 0.6 is 11.6 Å². The number of rotatable bonds is 3. The van der Waals surface area contributed by atoms with E-state index in [1.54, 1.807) is 6.07 Å². The molecule has 0 unspecified atom stereocenters. The highest BCUT2D eigenvalue weighted by Crippen LogP contribution is 2.31. The van der Waals surface area contributed by atoms with Crippen LogP contribution in [0.1, 0.15) is 48.9 Å². The Balaban J connectivity index is 1.47. The van der Waals surface area contributed by atoms with Gasteiger partial charge in [0.2, 0.25) is 0 Å². The van der Waals surface area contributed by atoms with Crippen LogP contribution < -0.4 is 4.74 Å². The number of hydrogen-bond donors (Lipinski definition) is 0. The molecule has 3 fully saturated rings. The molecule has 0 spiro atoms. The summed E-state index contributed by atoms with van der Waals surface area (Å²) < 4.78 is 5.87. The number of likely N-dealkylation sites (tertiary alicyclic amines) is 1. The highest BCUT2D eigenvalue weighted by Gasteiger charge is 2.36. The fourth-order valence-electron chi connectivity index (χ4n) is 4.09. The molecule has 3 aliphatic rings. The summed E-state index contributed by atoms with van der Waals surface area (Å²) in [5, 5.41) is 0.500. The van der Waals surface area contributed by atoms with Gasteiger partial charge in [0.05, 0.1) is 16.7 Å². The SMILES string of the molecule is CN1[C@H]2CC[C@H]1CN(C(=O)c1ccc(OC3CCC3)cc1Cl)CC2. The first-order valence-electron chi connectivity index (χ1n) is 9.09. The molecule has 0 aromatic heterocycles. The Labute approximate surface area is 148 Å². The van der Waals surface area contributed by atoms with Crippen molar-refractivity contribution in [2.45, 2.75) is 56.7 Å². The maximum absolute atomic E-state index is 12.9. The number of amides is 1. The van der Waals surface area contributed by atoms with Crippen LogP contribution in [0.15, 0.2) is 18.2 Å². The minimum absolute atomic E-state index is 0.0520. The molecule has 130 valence electrons. The lowest BCUT2D eigenvalue weighted by molar-refractivity contribution is 0.0740. The highest BCUT2D eigenvalue weighted by atomic mass is 35.5. The predicted molar refractivity (Wildman–Crippen MR) is 94.8 cm³/mol. The van der Waals surface area contributed by atoms with E-state index in [9.17, 15) is 4.79 Å². The number of carbonyl (C=O) groups excluding carboxylic acids is 1. The lowest BCUT2D eigenvalue weighted by Gasteiger charge is -2.27. The third kappa shape index (κ3) is 3.02. The summed E-state index contributed by atoms with van der Waals surface area (Å²) in [5.74, 6) is 0.826. The minimum Gasteiger partial charge on any atom is -0.490 e. The number of benzene rings is 1. The lowest BCUT2D eigenvalue weighted by Crippen LogP contribution is -2.39. The molecular weight excluding hydrogens is 324 g/mol. The molecule has 2 heterocycles. The van der Waals surface area contributed by atoms with Crippen molar-refractivity contribution < 1.29 is 9.53 Å². The summed E-state index contributed by atoms with van der Waals surface area (Å²) in [5.41, 5.74) is 0.595. The van der Waals surface area contributed by atoms with E-state index in [0.717, 1.165) is 38.1 Å². The van der Waals surface area contributed by atoms with Crippen molar-refractivity contribution in [3.63, 3.8) is 0 Å². The maximum atomic E-state index is 12.9. The molecular formula is C19H25ClN2O2. The Morgan fingerprint density at radius 3 is 2.67 bits per heavy atom. The summed E-state index contributed by atoms with van der Waals surface area (Å²) in [6.07, 6.45) is 7.29. The van der Waals surface area contributed by atoms with Gasteiger partial charge in [0, 0.05) is 25.2 Å². The van der Waals surface area contributed by atoms with E-state index < -0.39 is 0 Å². The normalized spacial score (nSPS) is 27.7. The summed E-state index contributed by atoms with van der Waals surface area (Å²) in [6.45, 7) is 1.63. The van der Waals surface area contributed by atoms with E-state index in [1.807, 2.05) is 17.0 Å². The predicted octanol–water partition coefficient (Wildman–Crippen LogP) is 3.58. The molecule has 5 heteroatoms. The fraction of sp³-hybridized carbons (Fsp3) is 0.632. The molecule has 2 atom stereocenters. The first-order chi connectivity index (χ1) is 11.6. The van der Waals surface area contributed by atoms with Gasteiger partial charge in [-0.25, -0.2) is 0 Å². The van der Waals surface area contributed by atoms with Crippen LogP contribution in [0.2, 0.25) is 5.02 Å². The molecule has 2 saturated heterocycles. The third-order valence-corrected chi connectivity index (χ3v) is 6.27. The highest BCUT2D eigenvalue weighted by molar-refractivity contribution is 6.34. The zero-order chi connectivity index (χ0) is 16.7. The smallest absolute Gasteiger partial charge is 0.255 e.